The van der Waals surface area contributed by atoms with E-state index in [1.807, 2.05) is 4.90 Å². The molecule has 2 aliphatic rings. The van der Waals surface area contributed by atoms with E-state index in [2.05, 4.69) is 19.4 Å². The van der Waals surface area contributed by atoms with Crippen molar-refractivity contribution in [1.29, 1.82) is 0 Å². The molecule has 17 heteroatoms. The van der Waals surface area contributed by atoms with Crippen molar-refractivity contribution in [3.05, 3.63) is 44.3 Å². The third-order valence-corrected chi connectivity index (χ3v) is 9.23. The number of hydrogen-bond donors (Lipinski definition) is 1. The lowest BCUT2D eigenvalue weighted by atomic mass is 9.82. The molecule has 0 atom stereocenters. The number of alkyl halides is 8. The molecular weight excluding hydrogens is 628 g/mol. The maximum Gasteiger partial charge on any atom is 0.439 e. The number of aromatic amines is 1. The highest BCUT2D eigenvalue weighted by atomic mass is 32.1. The Morgan fingerprint density at radius 1 is 1.00 bits per heavy atom. The Labute approximate surface area is 249 Å². The molecule has 1 N–H and O–H groups in total. The van der Waals surface area contributed by atoms with Crippen LogP contribution in [0.4, 0.5) is 35.1 Å². The van der Waals surface area contributed by atoms with Crippen LogP contribution in [0.15, 0.2) is 27.5 Å². The van der Waals surface area contributed by atoms with Crippen LogP contribution < -0.4 is 15.2 Å². The first kappa shape index (κ1) is 32.2. The summed E-state index contributed by atoms with van der Waals surface area (Å²) in [5.41, 5.74) is 0.565. The lowest BCUT2D eigenvalue weighted by molar-refractivity contribution is -0.185. The minimum atomic E-state index is -4.26. The Morgan fingerprint density at radius 2 is 1.66 bits per heavy atom. The second-order valence-electron chi connectivity index (χ2n) is 10.9. The number of nitrogens with one attached hydrogen (secondary N) is 1. The number of aromatic nitrogens is 3. The fourth-order valence-electron chi connectivity index (χ4n) is 5.59. The highest BCUT2D eigenvalue weighted by Gasteiger charge is 2.43. The van der Waals surface area contributed by atoms with Crippen LogP contribution in [0.1, 0.15) is 60.0 Å². The average molecular weight is 657 g/mol. The van der Waals surface area contributed by atoms with Crippen LogP contribution >= 0.6 is 11.3 Å². The number of piperidine rings is 1. The zero-order chi connectivity index (χ0) is 31.6. The molecule has 1 aliphatic heterocycles. The summed E-state index contributed by atoms with van der Waals surface area (Å²) in [5.74, 6) is -4.20. The van der Waals surface area contributed by atoms with Crippen molar-refractivity contribution >= 4 is 11.3 Å². The Kier molecular flexibility index (Phi) is 9.53. The number of nitrogens with zero attached hydrogens (tertiary/aromatic N) is 3. The van der Waals surface area contributed by atoms with Gasteiger partial charge in [-0.1, -0.05) is 5.16 Å². The second-order valence-corrected chi connectivity index (χ2v) is 12.0. The third kappa shape index (κ3) is 7.89. The number of halogens is 8. The molecular formula is C27H28F8N4O4S. The molecule has 1 aliphatic carbocycles. The van der Waals surface area contributed by atoms with E-state index in [0.717, 1.165) is 0 Å². The summed E-state index contributed by atoms with van der Waals surface area (Å²) in [6.07, 6.45) is -8.06. The van der Waals surface area contributed by atoms with Gasteiger partial charge in [0.2, 0.25) is 0 Å². The molecule has 0 bridgehead atoms. The van der Waals surface area contributed by atoms with E-state index in [0.29, 0.717) is 28.4 Å². The topological polar surface area (TPSA) is 93.5 Å². The first-order valence-corrected chi connectivity index (χ1v) is 14.7. The van der Waals surface area contributed by atoms with Crippen molar-refractivity contribution in [1.82, 2.24) is 20.0 Å². The van der Waals surface area contributed by atoms with E-state index in [1.165, 1.54) is 29.5 Å². The molecule has 2 fully saturated rings. The molecule has 0 radical (unpaired) electrons. The van der Waals surface area contributed by atoms with Gasteiger partial charge >= 0.3 is 24.7 Å². The molecule has 242 valence electrons. The summed E-state index contributed by atoms with van der Waals surface area (Å²) in [5, 5.41) is 4.12. The van der Waals surface area contributed by atoms with Crippen molar-refractivity contribution < 1.29 is 49.1 Å². The molecule has 0 amide bonds. The Hall–Kier alpha value is -3.21. The summed E-state index contributed by atoms with van der Waals surface area (Å²) in [6, 6.07) is 3.95. The monoisotopic (exact) mass is 656 g/mol. The number of thiazole rings is 1. The zero-order valence-electron chi connectivity index (χ0n) is 23.0. The van der Waals surface area contributed by atoms with E-state index in [-0.39, 0.29) is 80.7 Å². The van der Waals surface area contributed by atoms with Gasteiger partial charge in [0.1, 0.15) is 18.1 Å². The lowest BCUT2D eigenvalue weighted by Crippen LogP contribution is -2.38. The average Bonchev–Trinajstić information content (AvgIpc) is 3.57. The maximum absolute atomic E-state index is 13.2. The molecule has 1 saturated carbocycles. The fraction of sp³-hybridized carbons (Fsp3) is 0.593. The van der Waals surface area contributed by atoms with Crippen LogP contribution in [0.25, 0.3) is 11.4 Å². The molecule has 1 saturated heterocycles. The maximum atomic E-state index is 13.2. The van der Waals surface area contributed by atoms with Crippen molar-refractivity contribution in [3.63, 3.8) is 0 Å². The van der Waals surface area contributed by atoms with Crippen molar-refractivity contribution in [2.24, 2.45) is 11.8 Å². The van der Waals surface area contributed by atoms with Crippen LogP contribution in [0.2, 0.25) is 0 Å². The minimum absolute atomic E-state index is 0.0148. The van der Waals surface area contributed by atoms with E-state index in [4.69, 9.17) is 9.72 Å². The molecule has 1 aromatic carbocycles. The number of ether oxygens (including phenoxy) is 2. The van der Waals surface area contributed by atoms with Gasteiger partial charge in [0.25, 0.3) is 0 Å². The van der Waals surface area contributed by atoms with E-state index in [1.54, 1.807) is 0 Å². The van der Waals surface area contributed by atoms with E-state index < -0.39 is 36.6 Å². The van der Waals surface area contributed by atoms with Crippen LogP contribution in [-0.2, 0) is 13.2 Å². The summed E-state index contributed by atoms with van der Waals surface area (Å²) in [4.78, 5) is 20.8. The smallest absolute Gasteiger partial charge is 0.439 e. The number of benzene rings is 1. The fourth-order valence-corrected chi connectivity index (χ4v) is 6.75. The second kappa shape index (κ2) is 13.0. The Balaban J connectivity index is 1.34. The number of likely N-dealkylation sites (tertiary alicyclic amines) is 1. The van der Waals surface area contributed by atoms with E-state index in [9.17, 15) is 39.9 Å². The van der Waals surface area contributed by atoms with Gasteiger partial charge < -0.3 is 9.47 Å². The molecule has 0 spiro atoms. The molecule has 5 rings (SSSR count). The quantitative estimate of drug-likeness (QED) is 0.242. The van der Waals surface area contributed by atoms with E-state index >= 15 is 0 Å². The van der Waals surface area contributed by atoms with Gasteiger partial charge in [-0.2, -0.15) is 35.1 Å². The van der Waals surface area contributed by atoms with Gasteiger partial charge in [-0.05, 0) is 63.7 Å². The predicted octanol–water partition coefficient (Wildman–Crippen LogP) is 7.28. The summed E-state index contributed by atoms with van der Waals surface area (Å²) >= 11 is 1.27. The zero-order valence-corrected chi connectivity index (χ0v) is 23.8. The van der Waals surface area contributed by atoms with Crippen molar-refractivity contribution in [2.75, 3.05) is 13.1 Å². The van der Waals surface area contributed by atoms with Crippen LogP contribution in [0.3, 0.4) is 0 Å². The molecule has 3 heterocycles. The summed E-state index contributed by atoms with van der Waals surface area (Å²) in [7, 11) is 0. The van der Waals surface area contributed by atoms with Crippen LogP contribution in [-0.4, -0.2) is 52.1 Å². The highest BCUT2D eigenvalue weighted by molar-refractivity contribution is 7.11. The standard InChI is InChI=1S/C27H28F8N4O4S/c28-24(29)42-20-11-17(5-6-18(20)22-37-25(40)43-38-22)41-13-21-19(12-39-9-7-16(8-10-39)27(33,34)35)36-23(44-21)14-1-3-15(4-2-14)26(30,31)32/h5-6,11,14-16,24H,1-4,7-10,12-13H2,(H,37,38,40). The minimum Gasteiger partial charge on any atom is -0.488 e. The Bertz CT molecular complexity index is 1450. The Morgan fingerprint density at radius 3 is 2.25 bits per heavy atom. The first-order valence-electron chi connectivity index (χ1n) is 13.9. The van der Waals surface area contributed by atoms with Gasteiger partial charge in [-0.15, -0.1) is 11.3 Å². The molecule has 2 aromatic heterocycles. The molecule has 0 unspecified atom stereocenters. The SMILES string of the molecule is O=c1[nH]c(-c2ccc(OCc3sc(C4CCC(C(F)(F)F)CC4)nc3CN3CCC(C(F)(F)F)CC3)cc2OC(F)F)no1. The van der Waals surface area contributed by atoms with Gasteiger partial charge in [0.15, 0.2) is 5.82 Å². The van der Waals surface area contributed by atoms with Crippen molar-refractivity contribution in [3.8, 4) is 22.9 Å². The van der Waals surface area contributed by atoms with Gasteiger partial charge in [-0.3, -0.25) is 14.4 Å². The molecule has 44 heavy (non-hydrogen) atoms. The van der Waals surface area contributed by atoms with Gasteiger partial charge in [0, 0.05) is 18.5 Å². The predicted molar refractivity (Wildman–Crippen MR) is 140 cm³/mol. The molecule has 3 aromatic rings. The van der Waals surface area contributed by atoms with Crippen molar-refractivity contribution in [2.45, 2.75) is 76.6 Å². The largest absolute Gasteiger partial charge is 0.488 e. The normalized spacial score (nSPS) is 20.8. The first-order chi connectivity index (χ1) is 20.8. The third-order valence-electron chi connectivity index (χ3n) is 7.99. The number of rotatable bonds is 9. The number of H-pyrrole nitrogens is 1. The van der Waals surface area contributed by atoms with Gasteiger partial charge in [0.05, 0.1) is 33.0 Å². The number of hydrogen-bond acceptors (Lipinski definition) is 8. The lowest BCUT2D eigenvalue weighted by Gasteiger charge is -2.32. The van der Waals surface area contributed by atoms with Gasteiger partial charge in [-0.25, -0.2) is 9.78 Å². The molecule has 8 nitrogen and oxygen atoms in total. The summed E-state index contributed by atoms with van der Waals surface area (Å²) in [6.45, 7) is -2.65. The van der Waals surface area contributed by atoms with Crippen LogP contribution in [0.5, 0.6) is 11.5 Å². The van der Waals surface area contributed by atoms with Crippen LogP contribution in [0, 0.1) is 11.8 Å². The summed E-state index contributed by atoms with van der Waals surface area (Å²) < 4.78 is 120. The highest BCUT2D eigenvalue weighted by Crippen LogP contribution is 2.44.